The molecular weight excluding hydrogens is 344 g/mol. The standard InChI is InChI=1S/C15H22N6OS2/c1-4-23-15-18-17-14(24-15)16-13(22)9-20-6-5-12(8-20)21-11(3)7-10(2)19-21/h7,12H,4-6,8-9H2,1-3H3,(H,16,17,22). The summed E-state index contributed by atoms with van der Waals surface area (Å²) in [5, 5.41) is 16.0. The zero-order chi connectivity index (χ0) is 17.1. The third kappa shape index (κ3) is 4.14. The number of rotatable bonds is 6. The number of anilines is 1. The Balaban J connectivity index is 1.51. The van der Waals surface area contributed by atoms with Crippen LogP contribution >= 0.6 is 23.1 Å². The van der Waals surface area contributed by atoms with Crippen molar-refractivity contribution in [2.45, 2.75) is 37.6 Å². The molecule has 1 aliphatic rings. The second kappa shape index (κ2) is 7.62. The van der Waals surface area contributed by atoms with Gasteiger partial charge in [0.1, 0.15) is 0 Å². The molecule has 0 aliphatic carbocycles. The Morgan fingerprint density at radius 1 is 1.46 bits per heavy atom. The highest BCUT2D eigenvalue weighted by atomic mass is 32.2. The molecule has 1 aliphatic heterocycles. The number of nitrogens with one attached hydrogen (secondary N) is 1. The van der Waals surface area contributed by atoms with Crippen LogP contribution in [0.3, 0.4) is 0 Å². The zero-order valence-corrected chi connectivity index (χ0v) is 15.8. The monoisotopic (exact) mass is 366 g/mol. The van der Waals surface area contributed by atoms with Gasteiger partial charge in [0.2, 0.25) is 11.0 Å². The van der Waals surface area contributed by atoms with Crippen molar-refractivity contribution in [2.75, 3.05) is 30.7 Å². The lowest BCUT2D eigenvalue weighted by atomic mass is 10.2. The first-order valence-electron chi connectivity index (χ1n) is 8.06. The maximum Gasteiger partial charge on any atom is 0.240 e. The number of hydrogen-bond donors (Lipinski definition) is 1. The fourth-order valence-corrected chi connectivity index (χ4v) is 4.64. The van der Waals surface area contributed by atoms with E-state index in [0.29, 0.717) is 17.7 Å². The van der Waals surface area contributed by atoms with Gasteiger partial charge < -0.3 is 0 Å². The Hall–Kier alpha value is -1.45. The van der Waals surface area contributed by atoms with Crippen LogP contribution in [0.15, 0.2) is 10.4 Å². The molecule has 1 amide bonds. The number of aryl methyl sites for hydroxylation is 2. The number of likely N-dealkylation sites (tertiary alicyclic amines) is 1. The maximum atomic E-state index is 12.2. The van der Waals surface area contributed by atoms with Crippen LogP contribution in [0, 0.1) is 13.8 Å². The lowest BCUT2D eigenvalue weighted by Crippen LogP contribution is -2.32. The van der Waals surface area contributed by atoms with Crippen LogP contribution in [0.4, 0.5) is 5.13 Å². The number of carbonyl (C=O) groups is 1. The predicted molar refractivity (Wildman–Crippen MR) is 96.7 cm³/mol. The van der Waals surface area contributed by atoms with Gasteiger partial charge in [0.15, 0.2) is 4.34 Å². The molecule has 1 atom stereocenters. The van der Waals surface area contributed by atoms with Crippen LogP contribution in [0.2, 0.25) is 0 Å². The molecular formula is C15H22N6OS2. The quantitative estimate of drug-likeness (QED) is 0.625. The fraction of sp³-hybridized carbons (Fsp3) is 0.600. The third-order valence-corrected chi connectivity index (χ3v) is 5.78. The molecule has 9 heteroatoms. The van der Waals surface area contributed by atoms with Gasteiger partial charge in [0.25, 0.3) is 0 Å². The minimum Gasteiger partial charge on any atom is -0.299 e. The van der Waals surface area contributed by atoms with Gasteiger partial charge in [-0.1, -0.05) is 30.0 Å². The van der Waals surface area contributed by atoms with Crippen molar-refractivity contribution in [3.8, 4) is 0 Å². The highest BCUT2D eigenvalue weighted by Crippen LogP contribution is 2.25. The van der Waals surface area contributed by atoms with Gasteiger partial charge in [-0.25, -0.2) is 0 Å². The van der Waals surface area contributed by atoms with Gasteiger partial charge >= 0.3 is 0 Å². The van der Waals surface area contributed by atoms with Gasteiger partial charge in [-0.2, -0.15) is 5.10 Å². The van der Waals surface area contributed by atoms with Crippen LogP contribution in [0.25, 0.3) is 0 Å². The molecule has 1 saturated heterocycles. The van der Waals surface area contributed by atoms with Crippen molar-refractivity contribution in [1.82, 2.24) is 24.9 Å². The van der Waals surface area contributed by atoms with E-state index in [0.717, 1.165) is 35.3 Å². The Kier molecular flexibility index (Phi) is 5.52. The van der Waals surface area contributed by atoms with Crippen LogP contribution < -0.4 is 5.32 Å². The number of hydrogen-bond acceptors (Lipinski definition) is 7. The van der Waals surface area contributed by atoms with E-state index in [1.165, 1.54) is 17.0 Å². The van der Waals surface area contributed by atoms with E-state index in [4.69, 9.17) is 0 Å². The number of nitrogens with zero attached hydrogens (tertiary/aromatic N) is 5. The second-order valence-corrected chi connectivity index (χ2v) is 8.39. The Bertz CT molecular complexity index is 713. The second-order valence-electron chi connectivity index (χ2n) is 5.90. The van der Waals surface area contributed by atoms with E-state index >= 15 is 0 Å². The molecule has 7 nitrogen and oxygen atoms in total. The van der Waals surface area contributed by atoms with Crippen molar-refractivity contribution in [1.29, 1.82) is 0 Å². The Labute approximate surface area is 149 Å². The summed E-state index contributed by atoms with van der Waals surface area (Å²) >= 11 is 3.05. The summed E-state index contributed by atoms with van der Waals surface area (Å²) in [6.45, 7) is 8.29. The first kappa shape index (κ1) is 17.4. The van der Waals surface area contributed by atoms with Crippen LogP contribution in [0.1, 0.15) is 30.8 Å². The number of amides is 1. The highest BCUT2D eigenvalue weighted by Gasteiger charge is 2.27. The number of aromatic nitrogens is 4. The smallest absolute Gasteiger partial charge is 0.240 e. The lowest BCUT2D eigenvalue weighted by Gasteiger charge is -2.16. The van der Waals surface area contributed by atoms with E-state index in [1.807, 2.05) is 6.92 Å². The van der Waals surface area contributed by atoms with E-state index in [9.17, 15) is 4.79 Å². The topological polar surface area (TPSA) is 75.9 Å². The first-order chi connectivity index (χ1) is 11.5. The lowest BCUT2D eigenvalue weighted by molar-refractivity contribution is -0.117. The van der Waals surface area contributed by atoms with E-state index in [2.05, 4.69) is 50.1 Å². The molecule has 3 rings (SSSR count). The fourth-order valence-electron chi connectivity index (χ4n) is 2.98. The minimum atomic E-state index is -0.0341. The molecule has 0 bridgehead atoms. The summed E-state index contributed by atoms with van der Waals surface area (Å²) < 4.78 is 2.98. The SMILES string of the molecule is CCSc1nnc(NC(=O)CN2CCC(n3nc(C)cc3C)C2)s1. The summed E-state index contributed by atoms with van der Waals surface area (Å²) in [7, 11) is 0. The van der Waals surface area contributed by atoms with Gasteiger partial charge in [-0.05, 0) is 32.1 Å². The van der Waals surface area contributed by atoms with Crippen molar-refractivity contribution in [3.63, 3.8) is 0 Å². The molecule has 1 unspecified atom stereocenters. The average Bonchev–Trinajstić information content (AvgIpc) is 3.21. The molecule has 2 aromatic rings. The molecule has 0 aromatic carbocycles. The van der Waals surface area contributed by atoms with Crippen molar-refractivity contribution in [3.05, 3.63) is 17.5 Å². The predicted octanol–water partition coefficient (Wildman–Crippen LogP) is 2.35. The number of carbonyl (C=O) groups excluding carboxylic acids is 1. The average molecular weight is 367 g/mol. The highest BCUT2D eigenvalue weighted by molar-refractivity contribution is 8.01. The van der Waals surface area contributed by atoms with E-state index in [-0.39, 0.29) is 5.91 Å². The largest absolute Gasteiger partial charge is 0.299 e. The molecule has 0 spiro atoms. The molecule has 1 fully saturated rings. The van der Waals surface area contributed by atoms with Gasteiger partial charge in [-0.3, -0.25) is 19.7 Å². The molecule has 0 saturated carbocycles. The maximum absolute atomic E-state index is 12.2. The summed E-state index contributed by atoms with van der Waals surface area (Å²) in [6.07, 6.45) is 1.02. The summed E-state index contributed by atoms with van der Waals surface area (Å²) in [5.74, 6) is 0.914. The Morgan fingerprint density at radius 3 is 3.00 bits per heavy atom. The summed E-state index contributed by atoms with van der Waals surface area (Å²) in [5.41, 5.74) is 2.22. The summed E-state index contributed by atoms with van der Waals surface area (Å²) in [6, 6.07) is 2.44. The summed E-state index contributed by atoms with van der Waals surface area (Å²) in [4.78, 5) is 14.4. The van der Waals surface area contributed by atoms with Crippen molar-refractivity contribution < 1.29 is 4.79 Å². The van der Waals surface area contributed by atoms with E-state index < -0.39 is 0 Å². The Morgan fingerprint density at radius 2 is 2.29 bits per heavy atom. The molecule has 1 N–H and O–H groups in total. The van der Waals surface area contributed by atoms with E-state index in [1.54, 1.807) is 11.8 Å². The molecule has 130 valence electrons. The van der Waals surface area contributed by atoms with Crippen LogP contribution in [-0.4, -0.2) is 56.2 Å². The van der Waals surface area contributed by atoms with Crippen LogP contribution in [-0.2, 0) is 4.79 Å². The number of thioether (sulfide) groups is 1. The van der Waals surface area contributed by atoms with Gasteiger partial charge in [0.05, 0.1) is 18.3 Å². The van der Waals surface area contributed by atoms with Gasteiger partial charge in [-0.15, -0.1) is 10.2 Å². The third-order valence-electron chi connectivity index (χ3n) is 3.93. The zero-order valence-electron chi connectivity index (χ0n) is 14.2. The van der Waals surface area contributed by atoms with Crippen LogP contribution in [0.5, 0.6) is 0 Å². The van der Waals surface area contributed by atoms with Crippen molar-refractivity contribution >= 4 is 34.1 Å². The minimum absolute atomic E-state index is 0.0341. The molecule has 24 heavy (non-hydrogen) atoms. The van der Waals surface area contributed by atoms with Gasteiger partial charge in [0, 0.05) is 18.8 Å². The molecule has 2 aromatic heterocycles. The normalized spacial score (nSPS) is 18.2. The first-order valence-corrected chi connectivity index (χ1v) is 9.86. The molecule has 3 heterocycles. The molecule has 0 radical (unpaired) electrons. The van der Waals surface area contributed by atoms with Crippen molar-refractivity contribution in [2.24, 2.45) is 0 Å².